The van der Waals surface area contributed by atoms with Crippen LogP contribution in [-0.2, 0) is 29.1 Å². The molecular weight excluding hydrogens is 503 g/mol. The molecule has 0 spiro atoms. The van der Waals surface area contributed by atoms with E-state index in [9.17, 15) is 9.59 Å². The summed E-state index contributed by atoms with van der Waals surface area (Å²) in [5.74, 6) is -0.415. The second-order valence-electron chi connectivity index (χ2n) is 8.97. The minimum atomic E-state index is -0.817. The highest BCUT2D eigenvalue weighted by atomic mass is 35.5. The van der Waals surface area contributed by atoms with Crippen molar-refractivity contribution in [2.45, 2.75) is 32.5 Å². The summed E-state index contributed by atoms with van der Waals surface area (Å²) < 4.78 is 0. The van der Waals surface area contributed by atoms with Gasteiger partial charge in [-0.25, -0.2) is 0 Å². The largest absolute Gasteiger partial charge is 0.350 e. The molecule has 188 valence electrons. The Kier molecular flexibility index (Phi) is 8.99. The number of nitrogens with one attached hydrogen (secondary N) is 1. The summed E-state index contributed by atoms with van der Waals surface area (Å²) in [6, 6.07) is 31.1. The van der Waals surface area contributed by atoms with Crippen molar-refractivity contribution in [2.24, 2.45) is 0 Å². The minimum absolute atomic E-state index is 0.138. The molecule has 1 N–H and O–H groups in total. The van der Waals surface area contributed by atoms with Gasteiger partial charge in [0.1, 0.15) is 6.04 Å². The van der Waals surface area contributed by atoms with Crippen LogP contribution in [0.5, 0.6) is 0 Å². The van der Waals surface area contributed by atoms with Crippen LogP contribution in [-0.4, -0.2) is 16.7 Å². The molecule has 0 unspecified atom stereocenters. The predicted molar refractivity (Wildman–Crippen MR) is 149 cm³/mol. The highest BCUT2D eigenvalue weighted by molar-refractivity contribution is 6.30. The molecule has 2 amide bonds. The van der Waals surface area contributed by atoms with Gasteiger partial charge in [0.15, 0.2) is 0 Å². The van der Waals surface area contributed by atoms with E-state index < -0.39 is 6.04 Å². The maximum absolute atomic E-state index is 13.8. The van der Waals surface area contributed by atoms with Gasteiger partial charge in [0.25, 0.3) is 0 Å². The fourth-order valence-corrected chi connectivity index (χ4v) is 4.34. The van der Waals surface area contributed by atoms with Crippen LogP contribution in [0.4, 0.5) is 0 Å². The Morgan fingerprint density at radius 2 is 1.27 bits per heavy atom. The lowest BCUT2D eigenvalue weighted by molar-refractivity contribution is -0.141. The van der Waals surface area contributed by atoms with Crippen molar-refractivity contribution >= 4 is 35.0 Å². The zero-order chi connectivity index (χ0) is 26.2. The fraction of sp³-hybridized carbons (Fsp3) is 0.161. The molecule has 1 atom stereocenters. The first-order valence-corrected chi connectivity index (χ1v) is 12.8. The number of halogens is 2. The van der Waals surface area contributed by atoms with Crippen LogP contribution in [0.15, 0.2) is 103 Å². The van der Waals surface area contributed by atoms with Gasteiger partial charge in [0, 0.05) is 23.1 Å². The number of benzene rings is 4. The van der Waals surface area contributed by atoms with Crippen LogP contribution >= 0.6 is 23.2 Å². The Morgan fingerprint density at radius 3 is 1.86 bits per heavy atom. The van der Waals surface area contributed by atoms with Gasteiger partial charge in [-0.15, -0.1) is 0 Å². The molecule has 0 saturated carbocycles. The van der Waals surface area contributed by atoms with Gasteiger partial charge in [-0.2, -0.15) is 0 Å². The lowest BCUT2D eigenvalue weighted by atomic mass is 10.0. The number of nitrogens with zero attached hydrogens (tertiary/aromatic N) is 1. The molecule has 0 aromatic heterocycles. The Hall–Kier alpha value is -3.60. The van der Waals surface area contributed by atoms with E-state index in [0.717, 1.165) is 27.8 Å². The highest BCUT2D eigenvalue weighted by Crippen LogP contribution is 2.26. The smallest absolute Gasteiger partial charge is 0.247 e. The average Bonchev–Trinajstić information content (AvgIpc) is 2.91. The van der Waals surface area contributed by atoms with E-state index in [0.29, 0.717) is 16.6 Å². The van der Waals surface area contributed by atoms with Crippen LogP contribution in [0.2, 0.25) is 10.0 Å². The summed E-state index contributed by atoms with van der Waals surface area (Å²) in [5, 5.41) is 4.26. The highest BCUT2D eigenvalue weighted by Gasteiger charge is 2.31. The van der Waals surface area contributed by atoms with E-state index in [4.69, 9.17) is 23.2 Å². The summed E-state index contributed by atoms with van der Waals surface area (Å²) in [6.07, 6.45) is 0.138. The first-order valence-electron chi connectivity index (χ1n) is 12.1. The normalized spacial score (nSPS) is 11.5. The summed E-state index contributed by atoms with van der Waals surface area (Å²) in [7, 11) is 0. The molecule has 0 radical (unpaired) electrons. The quantitative estimate of drug-likeness (QED) is 0.255. The molecule has 0 aliphatic carbocycles. The topological polar surface area (TPSA) is 49.4 Å². The number of hydrogen-bond donors (Lipinski definition) is 1. The Morgan fingerprint density at radius 1 is 0.730 bits per heavy atom. The molecule has 4 nitrogen and oxygen atoms in total. The van der Waals surface area contributed by atoms with Crippen LogP contribution < -0.4 is 5.32 Å². The van der Waals surface area contributed by atoms with Gasteiger partial charge in [0.2, 0.25) is 11.8 Å². The molecule has 37 heavy (non-hydrogen) atoms. The summed E-state index contributed by atoms with van der Waals surface area (Å²) >= 11 is 12.1. The van der Waals surface area contributed by atoms with Gasteiger partial charge >= 0.3 is 0 Å². The average molecular weight is 531 g/mol. The fourth-order valence-electron chi connectivity index (χ4n) is 4.09. The van der Waals surface area contributed by atoms with Crippen molar-refractivity contribution in [1.29, 1.82) is 0 Å². The molecule has 0 bridgehead atoms. The van der Waals surface area contributed by atoms with Crippen LogP contribution in [0.1, 0.15) is 33.9 Å². The number of rotatable bonds is 9. The second-order valence-corrected chi connectivity index (χ2v) is 9.84. The zero-order valence-electron chi connectivity index (χ0n) is 20.5. The van der Waals surface area contributed by atoms with Crippen LogP contribution in [0, 0.1) is 6.92 Å². The Bertz CT molecular complexity index is 1320. The molecular formula is C31H28Cl2N2O2. The predicted octanol–water partition coefficient (Wildman–Crippen LogP) is 6.93. The van der Waals surface area contributed by atoms with Crippen molar-refractivity contribution in [3.8, 4) is 0 Å². The van der Waals surface area contributed by atoms with E-state index >= 15 is 0 Å². The van der Waals surface area contributed by atoms with Gasteiger partial charge in [-0.3, -0.25) is 9.59 Å². The molecule has 0 heterocycles. The standard InChI is InChI=1S/C31H28Cl2N2O2/c1-22-7-9-24(10-8-22)20-34-31(37)30(26-5-3-2-4-6-26)35(21-25-13-17-28(33)18-14-25)29(36)19-23-11-15-27(32)16-12-23/h2-18,30H,19-21H2,1H3,(H,34,37)/t30-/m1/s1. The number of carbonyl (C=O) groups is 2. The van der Waals surface area contributed by atoms with Crippen molar-refractivity contribution in [3.63, 3.8) is 0 Å². The monoisotopic (exact) mass is 530 g/mol. The van der Waals surface area contributed by atoms with Crippen molar-refractivity contribution < 1.29 is 9.59 Å². The number of carbonyl (C=O) groups excluding carboxylic acids is 2. The van der Waals surface area contributed by atoms with Crippen molar-refractivity contribution in [1.82, 2.24) is 10.2 Å². The lowest BCUT2D eigenvalue weighted by Crippen LogP contribution is -2.43. The van der Waals surface area contributed by atoms with Gasteiger partial charge < -0.3 is 10.2 Å². The molecule has 0 aliphatic rings. The number of aryl methyl sites for hydroxylation is 1. The number of hydrogen-bond acceptors (Lipinski definition) is 2. The summed E-state index contributed by atoms with van der Waals surface area (Å²) in [6.45, 7) is 2.64. The first-order chi connectivity index (χ1) is 17.9. The van der Waals surface area contributed by atoms with Gasteiger partial charge in [-0.05, 0) is 53.4 Å². The second kappa shape index (κ2) is 12.6. The minimum Gasteiger partial charge on any atom is -0.350 e. The third-order valence-corrected chi connectivity index (χ3v) is 6.62. The molecule has 0 aliphatic heterocycles. The molecule has 0 fully saturated rings. The number of amides is 2. The maximum atomic E-state index is 13.8. The van der Waals surface area contributed by atoms with Crippen LogP contribution in [0.25, 0.3) is 0 Å². The third-order valence-electron chi connectivity index (χ3n) is 6.12. The molecule has 4 aromatic carbocycles. The van der Waals surface area contributed by atoms with E-state index in [-0.39, 0.29) is 24.8 Å². The zero-order valence-corrected chi connectivity index (χ0v) is 22.0. The van der Waals surface area contributed by atoms with Crippen molar-refractivity contribution in [3.05, 3.63) is 141 Å². The lowest BCUT2D eigenvalue weighted by Gasteiger charge is -2.32. The van der Waals surface area contributed by atoms with E-state index in [1.807, 2.05) is 85.8 Å². The van der Waals surface area contributed by atoms with Crippen LogP contribution in [0.3, 0.4) is 0 Å². The van der Waals surface area contributed by atoms with E-state index in [1.165, 1.54) is 0 Å². The molecule has 0 saturated heterocycles. The van der Waals surface area contributed by atoms with Gasteiger partial charge in [0.05, 0.1) is 6.42 Å². The Labute approximate surface area is 227 Å². The first kappa shape index (κ1) is 26.5. The summed E-state index contributed by atoms with van der Waals surface area (Å²) in [4.78, 5) is 29.2. The van der Waals surface area contributed by atoms with E-state index in [1.54, 1.807) is 29.2 Å². The molecule has 4 rings (SSSR count). The molecule has 6 heteroatoms. The molecule has 4 aromatic rings. The van der Waals surface area contributed by atoms with E-state index in [2.05, 4.69) is 5.32 Å². The Balaban J connectivity index is 1.66. The summed E-state index contributed by atoms with van der Waals surface area (Å²) in [5.41, 5.74) is 4.58. The van der Waals surface area contributed by atoms with Gasteiger partial charge in [-0.1, -0.05) is 108 Å². The SMILES string of the molecule is Cc1ccc(CNC(=O)[C@@H](c2ccccc2)N(Cc2ccc(Cl)cc2)C(=O)Cc2ccc(Cl)cc2)cc1. The maximum Gasteiger partial charge on any atom is 0.247 e. The third kappa shape index (κ3) is 7.45. The van der Waals surface area contributed by atoms with Crippen molar-refractivity contribution in [2.75, 3.05) is 0 Å².